The molecule has 0 saturated heterocycles. The molecule has 1 heterocycles. The first-order valence-corrected chi connectivity index (χ1v) is 11.4. The van der Waals surface area contributed by atoms with Crippen LogP contribution in [-0.2, 0) is 0 Å². The summed E-state index contributed by atoms with van der Waals surface area (Å²) in [5.41, 5.74) is 0.623. The zero-order valence-electron chi connectivity index (χ0n) is 14.8. The highest BCUT2D eigenvalue weighted by molar-refractivity contribution is 9.11. The fraction of sp³-hybridized carbons (Fsp3) is 0. The number of hydrogen-bond donors (Lipinski definition) is 0. The number of ketones is 1. The lowest BCUT2D eigenvalue weighted by Gasteiger charge is -2.04. The molecule has 0 spiro atoms. The van der Waals surface area contributed by atoms with Gasteiger partial charge in [-0.2, -0.15) is 0 Å². The van der Waals surface area contributed by atoms with Gasteiger partial charge in [0.25, 0.3) is 0 Å². The van der Waals surface area contributed by atoms with Gasteiger partial charge in [0.05, 0.1) is 4.91 Å². The second-order valence-electron chi connectivity index (χ2n) is 7.06. The molecule has 0 saturated carbocycles. The molecule has 0 unspecified atom stereocenters. The van der Waals surface area contributed by atoms with E-state index < -0.39 is 0 Å². The van der Waals surface area contributed by atoms with Crippen LogP contribution in [0.4, 0.5) is 0 Å². The third-order valence-electron chi connectivity index (χ3n) is 5.56. The first kappa shape index (κ1) is 17.6. The average molecular weight is 522 g/mol. The van der Waals surface area contributed by atoms with E-state index in [0.29, 0.717) is 21.1 Å². The first-order chi connectivity index (χ1) is 14.1. The molecule has 5 aromatic carbocycles. The van der Waals surface area contributed by atoms with Crippen LogP contribution in [-0.4, -0.2) is 5.78 Å². The third-order valence-corrected chi connectivity index (χ3v) is 8.04. The van der Waals surface area contributed by atoms with Crippen molar-refractivity contribution in [2.45, 2.75) is 4.90 Å². The lowest BCUT2D eigenvalue weighted by molar-refractivity contribution is 0.106. The molecule has 1 aliphatic heterocycles. The zero-order chi connectivity index (χ0) is 19.9. The van der Waals surface area contributed by atoms with E-state index in [1.165, 1.54) is 11.8 Å². The van der Waals surface area contributed by atoms with E-state index in [1.807, 2.05) is 60.7 Å². The predicted octanol–water partition coefficient (Wildman–Crippen LogP) is 6.28. The minimum Gasteiger partial charge on any atom is -0.289 e. The molecular weight excluding hydrogens is 512 g/mol. The summed E-state index contributed by atoms with van der Waals surface area (Å²) < 4.78 is 1.84. The lowest BCUT2D eigenvalue weighted by atomic mass is 10.0. The van der Waals surface area contributed by atoms with Crippen LogP contribution in [0.5, 0.6) is 0 Å². The van der Waals surface area contributed by atoms with Gasteiger partial charge in [0.15, 0.2) is 5.43 Å². The maximum atomic E-state index is 13.5. The van der Waals surface area contributed by atoms with Crippen molar-refractivity contribution < 1.29 is 4.79 Å². The van der Waals surface area contributed by atoms with Crippen molar-refractivity contribution in [3.8, 4) is 0 Å². The molecule has 1 aliphatic rings. The molecule has 0 aromatic heterocycles. The monoisotopic (exact) mass is 520 g/mol. The van der Waals surface area contributed by atoms with Gasteiger partial charge in [-0.05, 0) is 40.4 Å². The summed E-state index contributed by atoms with van der Waals surface area (Å²) in [6, 6.07) is 19.5. The topological polar surface area (TPSA) is 34.1 Å². The highest BCUT2D eigenvalue weighted by atomic mass is 79.9. The fourth-order valence-electron chi connectivity index (χ4n) is 4.30. The van der Waals surface area contributed by atoms with Crippen molar-refractivity contribution in [1.29, 1.82) is 0 Å². The molecule has 2 nitrogen and oxygen atoms in total. The Morgan fingerprint density at radius 3 is 2.21 bits per heavy atom. The number of hydrogen-bond acceptors (Lipinski definition) is 3. The molecule has 6 rings (SSSR count). The molecule has 0 fully saturated rings. The van der Waals surface area contributed by atoms with Crippen molar-refractivity contribution >= 4 is 86.6 Å². The Bertz CT molecular complexity index is 1630. The maximum Gasteiger partial charge on any atom is 0.202 e. The minimum absolute atomic E-state index is 0.0620. The van der Waals surface area contributed by atoms with Crippen molar-refractivity contribution in [2.75, 3.05) is 0 Å². The SMILES string of the molecule is O=C1/C(=c2/c(=O)c3ccc(Br)c4c(Br)ccc2c43)Sc2ccc3ccccc3c21. The fourth-order valence-corrected chi connectivity index (χ4v) is 6.81. The Morgan fingerprint density at radius 1 is 0.690 bits per heavy atom. The number of carbonyl (C=O) groups excluding carboxylic acids is 1. The summed E-state index contributed by atoms with van der Waals surface area (Å²) >= 11 is 8.61. The van der Waals surface area contributed by atoms with Crippen molar-refractivity contribution in [1.82, 2.24) is 0 Å². The molecular formula is C24H10Br2O2S. The van der Waals surface area contributed by atoms with Gasteiger partial charge in [0, 0.05) is 40.8 Å². The number of halogens is 2. The largest absolute Gasteiger partial charge is 0.289 e. The van der Waals surface area contributed by atoms with E-state index in [2.05, 4.69) is 31.9 Å². The van der Waals surface area contributed by atoms with E-state index in [9.17, 15) is 9.59 Å². The van der Waals surface area contributed by atoms with E-state index >= 15 is 0 Å². The zero-order valence-corrected chi connectivity index (χ0v) is 18.7. The van der Waals surface area contributed by atoms with Crippen LogP contribution in [0.3, 0.4) is 0 Å². The third kappa shape index (κ3) is 2.29. The van der Waals surface area contributed by atoms with E-state index in [-0.39, 0.29) is 11.2 Å². The Labute approximate surface area is 186 Å². The number of Topliss-reactive ketones (excluding diaryl/α,β-unsaturated/α-hetero) is 1. The van der Waals surface area contributed by atoms with E-state index in [0.717, 1.165) is 40.8 Å². The predicted molar refractivity (Wildman–Crippen MR) is 127 cm³/mol. The van der Waals surface area contributed by atoms with Crippen LogP contribution < -0.4 is 10.6 Å². The number of benzene rings is 4. The molecule has 0 bridgehead atoms. The Morgan fingerprint density at radius 2 is 1.41 bits per heavy atom. The summed E-state index contributed by atoms with van der Waals surface area (Å²) in [7, 11) is 0. The number of carbonyl (C=O) groups is 1. The summed E-state index contributed by atoms with van der Waals surface area (Å²) in [6.07, 6.45) is 0. The highest BCUT2D eigenvalue weighted by Gasteiger charge is 2.30. The smallest absolute Gasteiger partial charge is 0.202 e. The quantitative estimate of drug-likeness (QED) is 0.240. The molecule has 5 aromatic rings. The van der Waals surface area contributed by atoms with Crippen molar-refractivity contribution in [3.05, 3.63) is 90.6 Å². The molecule has 0 N–H and O–H groups in total. The average Bonchev–Trinajstić information content (AvgIpc) is 3.20. The number of fused-ring (bicyclic) bond motifs is 3. The summed E-state index contributed by atoms with van der Waals surface area (Å²) in [5, 5.41) is 5.82. The van der Waals surface area contributed by atoms with Gasteiger partial charge < -0.3 is 0 Å². The lowest BCUT2D eigenvalue weighted by Crippen LogP contribution is -2.23. The standard InChI is InChI=1S/C24H10Br2O2S/c25-15-8-6-13-18-14(7-9-16(26)21(15)18)22(27)20(13)24-23(28)19-12-4-2-1-3-11(12)5-10-17(19)29-24/h1-10H/b24-20-. The molecule has 138 valence electrons. The van der Waals surface area contributed by atoms with Gasteiger partial charge in [-0.1, -0.05) is 80.0 Å². The Balaban J connectivity index is 1.78. The first-order valence-electron chi connectivity index (χ1n) is 9.00. The second-order valence-corrected chi connectivity index (χ2v) is 9.83. The van der Waals surface area contributed by atoms with Gasteiger partial charge in [-0.25, -0.2) is 0 Å². The maximum absolute atomic E-state index is 13.5. The van der Waals surface area contributed by atoms with Gasteiger partial charge in [-0.15, -0.1) is 0 Å². The van der Waals surface area contributed by atoms with Crippen LogP contribution in [0.2, 0.25) is 0 Å². The van der Waals surface area contributed by atoms with Crippen molar-refractivity contribution in [3.63, 3.8) is 0 Å². The summed E-state index contributed by atoms with van der Waals surface area (Å²) in [6.45, 7) is 0. The molecule has 5 heteroatoms. The van der Waals surface area contributed by atoms with Crippen molar-refractivity contribution in [2.24, 2.45) is 0 Å². The molecule has 29 heavy (non-hydrogen) atoms. The van der Waals surface area contributed by atoms with Crippen LogP contribution >= 0.6 is 43.6 Å². The van der Waals surface area contributed by atoms with Crippen LogP contribution in [0.15, 0.2) is 79.3 Å². The number of thioether (sulfide) groups is 1. The van der Waals surface area contributed by atoms with Gasteiger partial charge in [0.1, 0.15) is 0 Å². The minimum atomic E-state index is -0.0800. The molecule has 0 atom stereocenters. The molecule has 0 aliphatic carbocycles. The van der Waals surface area contributed by atoms with E-state index in [4.69, 9.17) is 0 Å². The summed E-state index contributed by atoms with van der Waals surface area (Å²) in [5.74, 6) is -0.0620. The normalized spacial score (nSPS) is 15.7. The van der Waals surface area contributed by atoms with Gasteiger partial charge >= 0.3 is 0 Å². The van der Waals surface area contributed by atoms with Crippen LogP contribution in [0.25, 0.3) is 37.2 Å². The Kier molecular flexibility index (Phi) is 3.74. The van der Waals surface area contributed by atoms with Crippen LogP contribution in [0, 0.1) is 0 Å². The molecule has 0 amide bonds. The number of rotatable bonds is 0. The Hall–Kier alpha value is -2.21. The summed E-state index contributed by atoms with van der Waals surface area (Å²) in [4.78, 5) is 28.3. The van der Waals surface area contributed by atoms with Gasteiger partial charge in [-0.3, -0.25) is 9.59 Å². The highest BCUT2D eigenvalue weighted by Crippen LogP contribution is 2.44. The van der Waals surface area contributed by atoms with Crippen LogP contribution in [0.1, 0.15) is 10.4 Å². The molecule has 0 radical (unpaired) electrons. The second kappa shape index (κ2) is 6.14. The van der Waals surface area contributed by atoms with Gasteiger partial charge in [0.2, 0.25) is 5.78 Å². The van der Waals surface area contributed by atoms with E-state index in [1.54, 1.807) is 0 Å².